The van der Waals surface area contributed by atoms with Crippen LogP contribution < -0.4 is 21.3 Å². The number of hydrogen-bond acceptors (Lipinski definition) is 5. The van der Waals surface area contributed by atoms with Gasteiger partial charge >= 0.3 is 6.03 Å². The zero-order valence-corrected chi connectivity index (χ0v) is 20.5. The highest BCUT2D eigenvalue weighted by Crippen LogP contribution is 2.22. The number of anilines is 1. The Hall–Kier alpha value is -2.66. The summed E-state index contributed by atoms with van der Waals surface area (Å²) in [4.78, 5) is 35.5. The number of sulfonamides is 1. The molecule has 1 saturated heterocycles. The molecular formula is C23H35N5O5S. The van der Waals surface area contributed by atoms with E-state index in [2.05, 4.69) is 21.3 Å². The number of urea groups is 1. The molecule has 0 aromatic heterocycles. The van der Waals surface area contributed by atoms with Crippen molar-refractivity contribution >= 4 is 33.6 Å². The minimum Gasteiger partial charge on any atom is -0.353 e. The van der Waals surface area contributed by atoms with Gasteiger partial charge in [-0.05, 0) is 49.9 Å². The number of nitrogens with zero attached hydrogens (tertiary/aromatic N) is 1. The fraction of sp³-hybridized carbons (Fsp3) is 0.609. The SMILES string of the molecule is CC(=O)Nc1ccc(S(=O)(=O)N2CCC(NC(=O)CCNC(=O)NC3CCCCC3)CC2)cc1. The van der Waals surface area contributed by atoms with Gasteiger partial charge in [-0.25, -0.2) is 13.2 Å². The minimum atomic E-state index is -3.64. The highest BCUT2D eigenvalue weighted by Gasteiger charge is 2.30. The summed E-state index contributed by atoms with van der Waals surface area (Å²) < 4.78 is 27.2. The number of amides is 4. The van der Waals surface area contributed by atoms with Crippen LogP contribution in [0.2, 0.25) is 0 Å². The van der Waals surface area contributed by atoms with E-state index in [0.29, 0.717) is 31.6 Å². The lowest BCUT2D eigenvalue weighted by Crippen LogP contribution is -2.47. The molecule has 1 heterocycles. The van der Waals surface area contributed by atoms with Crippen molar-refractivity contribution in [1.82, 2.24) is 20.3 Å². The molecule has 10 nitrogen and oxygen atoms in total. The van der Waals surface area contributed by atoms with Gasteiger partial charge in [-0.2, -0.15) is 4.31 Å². The molecule has 4 amide bonds. The molecule has 1 aliphatic heterocycles. The summed E-state index contributed by atoms with van der Waals surface area (Å²) >= 11 is 0. The molecule has 1 aromatic carbocycles. The van der Waals surface area contributed by atoms with Crippen molar-refractivity contribution in [3.8, 4) is 0 Å². The van der Waals surface area contributed by atoms with E-state index in [1.54, 1.807) is 12.1 Å². The molecule has 0 radical (unpaired) electrons. The summed E-state index contributed by atoms with van der Waals surface area (Å²) in [6.07, 6.45) is 6.72. The van der Waals surface area contributed by atoms with Crippen molar-refractivity contribution in [3.05, 3.63) is 24.3 Å². The maximum atomic E-state index is 12.9. The van der Waals surface area contributed by atoms with E-state index in [-0.39, 0.29) is 47.8 Å². The van der Waals surface area contributed by atoms with E-state index in [1.165, 1.54) is 29.8 Å². The molecule has 2 aliphatic rings. The van der Waals surface area contributed by atoms with Crippen molar-refractivity contribution in [2.24, 2.45) is 0 Å². The lowest BCUT2D eigenvalue weighted by Gasteiger charge is -2.31. The normalized spacial score (nSPS) is 18.1. The molecule has 2 fully saturated rings. The smallest absolute Gasteiger partial charge is 0.315 e. The molecule has 4 N–H and O–H groups in total. The van der Waals surface area contributed by atoms with Crippen molar-refractivity contribution in [2.45, 2.75) is 75.3 Å². The third-order valence-electron chi connectivity index (χ3n) is 6.21. The fourth-order valence-corrected chi connectivity index (χ4v) is 5.85. The molecule has 1 aliphatic carbocycles. The largest absolute Gasteiger partial charge is 0.353 e. The van der Waals surface area contributed by atoms with E-state index < -0.39 is 10.0 Å². The second-order valence-electron chi connectivity index (χ2n) is 8.94. The molecule has 0 unspecified atom stereocenters. The Morgan fingerprint density at radius 3 is 2.15 bits per heavy atom. The molecule has 1 aromatic rings. The van der Waals surface area contributed by atoms with Gasteiger partial charge in [0.1, 0.15) is 0 Å². The number of carbonyl (C=O) groups is 3. The Morgan fingerprint density at radius 1 is 0.912 bits per heavy atom. The van der Waals surface area contributed by atoms with Gasteiger partial charge in [0, 0.05) is 50.7 Å². The summed E-state index contributed by atoms with van der Waals surface area (Å²) in [5.74, 6) is -0.383. The van der Waals surface area contributed by atoms with E-state index in [0.717, 1.165) is 25.7 Å². The van der Waals surface area contributed by atoms with Crippen molar-refractivity contribution < 1.29 is 22.8 Å². The topological polar surface area (TPSA) is 137 Å². The van der Waals surface area contributed by atoms with Gasteiger partial charge in [0.05, 0.1) is 4.90 Å². The second kappa shape index (κ2) is 12.2. The molecular weight excluding hydrogens is 458 g/mol. The zero-order valence-electron chi connectivity index (χ0n) is 19.6. The van der Waals surface area contributed by atoms with Crippen LogP contribution in [0.3, 0.4) is 0 Å². The van der Waals surface area contributed by atoms with Crippen molar-refractivity contribution in [3.63, 3.8) is 0 Å². The molecule has 188 valence electrons. The second-order valence-corrected chi connectivity index (χ2v) is 10.9. The first-order valence-electron chi connectivity index (χ1n) is 12.0. The Morgan fingerprint density at radius 2 is 1.53 bits per heavy atom. The highest BCUT2D eigenvalue weighted by molar-refractivity contribution is 7.89. The summed E-state index contributed by atoms with van der Waals surface area (Å²) in [5, 5.41) is 11.2. The van der Waals surface area contributed by atoms with Crippen LogP contribution in [0.1, 0.15) is 58.3 Å². The van der Waals surface area contributed by atoms with Crippen molar-refractivity contribution in [1.29, 1.82) is 0 Å². The van der Waals surface area contributed by atoms with Crippen LogP contribution in [-0.4, -0.2) is 62.3 Å². The predicted octanol–water partition coefficient (Wildman–Crippen LogP) is 1.94. The van der Waals surface area contributed by atoms with Gasteiger partial charge in [-0.1, -0.05) is 19.3 Å². The molecule has 3 rings (SSSR count). The summed E-state index contributed by atoms with van der Waals surface area (Å²) in [6, 6.07) is 5.97. The Kier molecular flexibility index (Phi) is 9.28. The van der Waals surface area contributed by atoms with Crippen LogP contribution in [-0.2, 0) is 19.6 Å². The van der Waals surface area contributed by atoms with Gasteiger partial charge in [0.25, 0.3) is 0 Å². The van der Waals surface area contributed by atoms with Crippen molar-refractivity contribution in [2.75, 3.05) is 25.0 Å². The van der Waals surface area contributed by atoms with E-state index in [1.807, 2.05) is 0 Å². The molecule has 11 heteroatoms. The van der Waals surface area contributed by atoms with E-state index in [9.17, 15) is 22.8 Å². The van der Waals surface area contributed by atoms with Crippen LogP contribution in [0.4, 0.5) is 10.5 Å². The lowest BCUT2D eigenvalue weighted by molar-refractivity contribution is -0.122. The standard InChI is InChI=1S/C23H35N5O5S/c1-17(29)25-19-7-9-21(10-8-19)34(32,33)28-15-12-20(13-16-28)26-22(30)11-14-24-23(31)27-18-5-3-2-4-6-18/h7-10,18,20H,2-6,11-16H2,1H3,(H,25,29)(H,26,30)(H2,24,27,31). The molecule has 0 bridgehead atoms. The predicted molar refractivity (Wildman–Crippen MR) is 129 cm³/mol. The van der Waals surface area contributed by atoms with Gasteiger partial charge in [-0.15, -0.1) is 0 Å². The quantitative estimate of drug-likeness (QED) is 0.439. The average molecular weight is 494 g/mol. The fourth-order valence-electron chi connectivity index (χ4n) is 4.38. The van der Waals surface area contributed by atoms with Crippen LogP contribution in [0, 0.1) is 0 Å². The summed E-state index contributed by atoms with van der Waals surface area (Å²) in [5.41, 5.74) is 0.536. The van der Waals surface area contributed by atoms with Gasteiger partial charge < -0.3 is 21.3 Å². The molecule has 34 heavy (non-hydrogen) atoms. The number of rotatable bonds is 8. The summed E-state index contributed by atoms with van der Waals surface area (Å²) in [6.45, 7) is 2.26. The first kappa shape index (κ1) is 26.0. The molecule has 1 saturated carbocycles. The first-order valence-corrected chi connectivity index (χ1v) is 13.4. The van der Waals surface area contributed by atoms with E-state index in [4.69, 9.17) is 0 Å². The molecule has 0 spiro atoms. The number of benzene rings is 1. The van der Waals surface area contributed by atoms with Crippen LogP contribution in [0.5, 0.6) is 0 Å². The van der Waals surface area contributed by atoms with Crippen LogP contribution >= 0.6 is 0 Å². The third kappa shape index (κ3) is 7.69. The van der Waals surface area contributed by atoms with Gasteiger partial charge in [0.15, 0.2) is 0 Å². The van der Waals surface area contributed by atoms with E-state index >= 15 is 0 Å². The first-order chi connectivity index (χ1) is 16.2. The number of nitrogens with one attached hydrogen (secondary N) is 4. The van der Waals surface area contributed by atoms with Crippen LogP contribution in [0.15, 0.2) is 29.2 Å². The monoisotopic (exact) mass is 493 g/mol. The average Bonchev–Trinajstić information content (AvgIpc) is 2.80. The van der Waals surface area contributed by atoms with Gasteiger partial charge in [0.2, 0.25) is 21.8 Å². The minimum absolute atomic E-state index is 0.0999. The Labute approximate surface area is 201 Å². The number of piperidine rings is 1. The number of hydrogen-bond donors (Lipinski definition) is 4. The Balaban J connectivity index is 1.37. The highest BCUT2D eigenvalue weighted by atomic mass is 32.2. The lowest BCUT2D eigenvalue weighted by atomic mass is 9.96. The third-order valence-corrected chi connectivity index (χ3v) is 8.12. The van der Waals surface area contributed by atoms with Crippen LogP contribution in [0.25, 0.3) is 0 Å². The Bertz CT molecular complexity index is 952. The number of carbonyl (C=O) groups excluding carboxylic acids is 3. The summed E-state index contributed by atoms with van der Waals surface area (Å²) in [7, 11) is -3.64. The maximum Gasteiger partial charge on any atom is 0.315 e. The molecule has 0 atom stereocenters. The zero-order chi connectivity index (χ0) is 24.6. The maximum absolute atomic E-state index is 12.9. The van der Waals surface area contributed by atoms with Gasteiger partial charge in [-0.3, -0.25) is 9.59 Å².